The third-order valence-corrected chi connectivity index (χ3v) is 6.13. The van der Waals surface area contributed by atoms with Crippen molar-refractivity contribution in [3.63, 3.8) is 0 Å². The molecule has 0 saturated carbocycles. The zero-order chi connectivity index (χ0) is 12.2. The van der Waals surface area contributed by atoms with Gasteiger partial charge in [-0.1, -0.05) is 29.8 Å². The fraction of sp³-hybridized carbons (Fsp3) is 1.00. The van der Waals surface area contributed by atoms with Gasteiger partial charge in [-0.05, 0) is 18.3 Å². The van der Waals surface area contributed by atoms with Crippen LogP contribution in [0.4, 0.5) is 0 Å². The standard InChI is InChI=1S/C10H20BrNO3S/c1-10(2,7-11)8-12-16(13,14)9-3-5-15-6-4-9/h9,12H,3-8H2,1-2H3. The SMILES string of the molecule is CC(C)(CBr)CNS(=O)(=O)C1CCOCC1. The lowest BCUT2D eigenvalue weighted by molar-refractivity contribution is 0.0981. The zero-order valence-corrected chi connectivity index (χ0v) is 12.2. The molecule has 0 aromatic carbocycles. The van der Waals surface area contributed by atoms with Crippen molar-refractivity contribution in [3.05, 3.63) is 0 Å². The van der Waals surface area contributed by atoms with E-state index >= 15 is 0 Å². The van der Waals surface area contributed by atoms with Crippen LogP contribution in [0.25, 0.3) is 0 Å². The van der Waals surface area contributed by atoms with Gasteiger partial charge >= 0.3 is 0 Å². The van der Waals surface area contributed by atoms with Crippen LogP contribution in [0.1, 0.15) is 26.7 Å². The summed E-state index contributed by atoms with van der Waals surface area (Å²) < 4.78 is 31.8. The number of rotatable bonds is 5. The van der Waals surface area contributed by atoms with Gasteiger partial charge in [-0.15, -0.1) is 0 Å². The van der Waals surface area contributed by atoms with Gasteiger partial charge in [0.05, 0.1) is 5.25 Å². The van der Waals surface area contributed by atoms with Crippen molar-refractivity contribution in [1.82, 2.24) is 4.72 Å². The summed E-state index contributed by atoms with van der Waals surface area (Å²) in [4.78, 5) is 0. The Morgan fingerprint density at radius 3 is 2.44 bits per heavy atom. The number of hydrogen-bond donors (Lipinski definition) is 1. The van der Waals surface area contributed by atoms with Crippen molar-refractivity contribution in [2.45, 2.75) is 31.9 Å². The molecule has 1 aliphatic heterocycles. The minimum Gasteiger partial charge on any atom is -0.381 e. The lowest BCUT2D eigenvalue weighted by atomic mass is 9.98. The minimum absolute atomic E-state index is 0.0573. The van der Waals surface area contributed by atoms with E-state index in [0.717, 1.165) is 5.33 Å². The molecule has 96 valence electrons. The van der Waals surface area contributed by atoms with Crippen LogP contribution >= 0.6 is 15.9 Å². The Bertz CT molecular complexity index is 310. The largest absolute Gasteiger partial charge is 0.381 e. The summed E-state index contributed by atoms with van der Waals surface area (Å²) in [6.45, 7) is 5.61. The first-order valence-electron chi connectivity index (χ1n) is 5.49. The summed E-state index contributed by atoms with van der Waals surface area (Å²) in [5.74, 6) is 0. The fourth-order valence-electron chi connectivity index (χ4n) is 1.45. The smallest absolute Gasteiger partial charge is 0.214 e. The molecular weight excluding hydrogens is 294 g/mol. The number of sulfonamides is 1. The summed E-state index contributed by atoms with van der Waals surface area (Å²) >= 11 is 3.38. The first kappa shape index (κ1) is 14.4. The zero-order valence-electron chi connectivity index (χ0n) is 9.83. The third kappa shape index (κ3) is 4.31. The molecule has 1 saturated heterocycles. The van der Waals surface area contributed by atoms with Crippen molar-refractivity contribution in [3.8, 4) is 0 Å². The van der Waals surface area contributed by atoms with Crippen LogP contribution < -0.4 is 4.72 Å². The summed E-state index contributed by atoms with van der Waals surface area (Å²) in [6.07, 6.45) is 1.20. The van der Waals surface area contributed by atoms with E-state index in [1.165, 1.54) is 0 Å². The van der Waals surface area contributed by atoms with E-state index in [1.807, 2.05) is 13.8 Å². The number of ether oxygens (including phenoxy) is 1. The summed E-state index contributed by atoms with van der Waals surface area (Å²) in [7, 11) is -3.18. The average molecular weight is 314 g/mol. The van der Waals surface area contributed by atoms with E-state index in [1.54, 1.807) is 0 Å². The Labute approximate surface area is 106 Å². The first-order chi connectivity index (χ1) is 7.37. The normalized spacial score (nSPS) is 19.9. The highest BCUT2D eigenvalue weighted by atomic mass is 79.9. The number of alkyl halides is 1. The number of hydrogen-bond acceptors (Lipinski definition) is 3. The second kappa shape index (κ2) is 5.80. The third-order valence-electron chi connectivity index (χ3n) is 2.72. The molecule has 1 aliphatic rings. The molecule has 1 heterocycles. The van der Waals surface area contributed by atoms with Crippen molar-refractivity contribution >= 4 is 26.0 Å². The van der Waals surface area contributed by atoms with Gasteiger partial charge in [-0.3, -0.25) is 0 Å². The fourth-order valence-corrected chi connectivity index (χ4v) is 3.29. The Morgan fingerprint density at radius 2 is 1.94 bits per heavy atom. The maximum absolute atomic E-state index is 12.0. The van der Waals surface area contributed by atoms with Gasteiger partial charge in [-0.25, -0.2) is 13.1 Å². The van der Waals surface area contributed by atoms with E-state index in [4.69, 9.17) is 4.74 Å². The van der Waals surface area contributed by atoms with E-state index < -0.39 is 10.0 Å². The van der Waals surface area contributed by atoms with Crippen LogP contribution in [0.2, 0.25) is 0 Å². The molecule has 0 unspecified atom stereocenters. The van der Waals surface area contributed by atoms with Crippen LogP contribution in [0.3, 0.4) is 0 Å². The van der Waals surface area contributed by atoms with Gasteiger partial charge in [0.1, 0.15) is 0 Å². The minimum atomic E-state index is -3.18. The second-order valence-corrected chi connectivity index (χ2v) is 7.58. The maximum atomic E-state index is 12.0. The molecule has 1 N–H and O–H groups in total. The molecule has 0 aliphatic carbocycles. The molecule has 1 fully saturated rings. The molecule has 0 atom stereocenters. The van der Waals surface area contributed by atoms with E-state index in [-0.39, 0.29) is 10.7 Å². The highest BCUT2D eigenvalue weighted by Gasteiger charge is 2.29. The Morgan fingerprint density at radius 1 is 1.38 bits per heavy atom. The molecule has 0 amide bonds. The number of halogens is 1. The van der Waals surface area contributed by atoms with Crippen LogP contribution in [-0.2, 0) is 14.8 Å². The molecule has 0 radical (unpaired) electrons. The predicted molar refractivity (Wildman–Crippen MR) is 68.3 cm³/mol. The van der Waals surface area contributed by atoms with Crippen LogP contribution in [0.15, 0.2) is 0 Å². The van der Waals surface area contributed by atoms with E-state index in [9.17, 15) is 8.42 Å². The molecule has 4 nitrogen and oxygen atoms in total. The van der Waals surface area contributed by atoms with Gasteiger partial charge in [0, 0.05) is 25.1 Å². The lowest BCUT2D eigenvalue weighted by Crippen LogP contribution is -2.42. The van der Waals surface area contributed by atoms with Crippen molar-refractivity contribution < 1.29 is 13.2 Å². The highest BCUT2D eigenvalue weighted by Crippen LogP contribution is 2.19. The van der Waals surface area contributed by atoms with Crippen LogP contribution in [-0.4, -0.2) is 38.8 Å². The van der Waals surface area contributed by atoms with Gasteiger partial charge in [0.2, 0.25) is 10.0 Å². The van der Waals surface area contributed by atoms with Crippen LogP contribution in [0, 0.1) is 5.41 Å². The summed E-state index contributed by atoms with van der Waals surface area (Å²) in [5.41, 5.74) is -0.0573. The monoisotopic (exact) mass is 313 g/mol. The Kier molecular flexibility index (Phi) is 5.22. The lowest BCUT2D eigenvalue weighted by Gasteiger charge is -2.26. The average Bonchev–Trinajstić information content (AvgIpc) is 2.28. The van der Waals surface area contributed by atoms with Gasteiger partial charge in [0.25, 0.3) is 0 Å². The molecule has 1 rings (SSSR count). The second-order valence-electron chi connectivity index (χ2n) is 4.98. The van der Waals surface area contributed by atoms with Gasteiger partial charge in [0.15, 0.2) is 0 Å². The maximum Gasteiger partial charge on any atom is 0.214 e. The summed E-state index contributed by atoms with van der Waals surface area (Å²) in [5, 5.41) is 0.489. The number of nitrogens with one attached hydrogen (secondary N) is 1. The van der Waals surface area contributed by atoms with E-state index in [0.29, 0.717) is 32.6 Å². The summed E-state index contributed by atoms with van der Waals surface area (Å²) in [6, 6.07) is 0. The molecule has 16 heavy (non-hydrogen) atoms. The Hall–Kier alpha value is 0.350. The van der Waals surface area contributed by atoms with Gasteiger partial charge < -0.3 is 4.74 Å². The highest BCUT2D eigenvalue weighted by molar-refractivity contribution is 9.09. The van der Waals surface area contributed by atoms with E-state index in [2.05, 4.69) is 20.7 Å². The molecular formula is C10H20BrNO3S. The van der Waals surface area contributed by atoms with Crippen LogP contribution in [0.5, 0.6) is 0 Å². The van der Waals surface area contributed by atoms with Crippen molar-refractivity contribution in [2.24, 2.45) is 5.41 Å². The Balaban J connectivity index is 2.51. The van der Waals surface area contributed by atoms with Gasteiger partial charge in [-0.2, -0.15) is 0 Å². The molecule has 0 aromatic rings. The van der Waals surface area contributed by atoms with Crippen molar-refractivity contribution in [1.29, 1.82) is 0 Å². The topological polar surface area (TPSA) is 55.4 Å². The molecule has 0 spiro atoms. The predicted octanol–water partition coefficient (Wildman–Crippen LogP) is 1.51. The first-order valence-corrected chi connectivity index (χ1v) is 8.16. The quantitative estimate of drug-likeness (QED) is 0.783. The molecule has 6 heteroatoms. The molecule has 0 aromatic heterocycles. The molecule has 0 bridgehead atoms. The van der Waals surface area contributed by atoms with Crippen molar-refractivity contribution in [2.75, 3.05) is 25.1 Å².